The monoisotopic (exact) mass is 572 g/mol. The fourth-order valence-electron chi connectivity index (χ4n) is 4.16. The molecule has 0 fully saturated rings. The van der Waals surface area contributed by atoms with Gasteiger partial charge in [0.05, 0.1) is 21.3 Å². The molecule has 2 atom stereocenters. The largest absolute Gasteiger partial charge is 0.494 e. The van der Waals surface area contributed by atoms with Crippen LogP contribution in [0.25, 0.3) is 0 Å². The van der Waals surface area contributed by atoms with E-state index in [1.807, 2.05) is 0 Å². The maximum atomic E-state index is 14.6. The van der Waals surface area contributed by atoms with Gasteiger partial charge in [0.1, 0.15) is 12.1 Å². The van der Waals surface area contributed by atoms with Crippen LogP contribution in [0.15, 0.2) is 48.7 Å². The first-order valence-electron chi connectivity index (χ1n) is 12.4. The zero-order valence-electron chi connectivity index (χ0n) is 23.3. The molecule has 0 aliphatic rings. The van der Waals surface area contributed by atoms with Crippen LogP contribution >= 0.6 is 0 Å². The Bertz CT molecular complexity index is 1380. The molecular formula is C29H30F2N2O8. The number of pyridine rings is 1. The van der Waals surface area contributed by atoms with E-state index in [1.165, 1.54) is 64.8 Å². The van der Waals surface area contributed by atoms with E-state index in [1.54, 1.807) is 19.1 Å². The molecule has 2 aromatic carbocycles. The number of aromatic nitrogens is 1. The summed E-state index contributed by atoms with van der Waals surface area (Å²) in [5.41, 5.74) is 0.487. The quantitative estimate of drug-likeness (QED) is 0.337. The van der Waals surface area contributed by atoms with Crippen molar-refractivity contribution in [2.75, 3.05) is 21.3 Å². The molecule has 0 unspecified atom stereocenters. The molecular weight excluding hydrogens is 542 g/mol. The van der Waals surface area contributed by atoms with Gasteiger partial charge in [-0.05, 0) is 49.2 Å². The predicted octanol–water partition coefficient (Wildman–Crippen LogP) is 4.19. The van der Waals surface area contributed by atoms with Gasteiger partial charge in [-0.3, -0.25) is 9.59 Å². The molecule has 3 aromatic rings. The standard InChI is InChI=1S/C29H30F2N2O8/c1-15(33-28(35)26-27(41-17(3)34)24(39-6)11-12-32-26)29(36)40-16(2)25(18-7-9-22(37-4)20(30)13-18)19-8-10-23(38-5)21(31)14-19/h7-16,25H,1-6H3,(H,33,35)/t15-,16-/m0/s1. The van der Waals surface area contributed by atoms with Crippen molar-refractivity contribution in [2.24, 2.45) is 0 Å². The molecule has 12 heteroatoms. The third-order valence-electron chi connectivity index (χ3n) is 6.09. The van der Waals surface area contributed by atoms with Gasteiger partial charge in [0, 0.05) is 25.1 Å². The van der Waals surface area contributed by atoms with Gasteiger partial charge in [-0.2, -0.15) is 0 Å². The summed E-state index contributed by atoms with van der Waals surface area (Å²) in [6.45, 7) is 4.09. The van der Waals surface area contributed by atoms with Gasteiger partial charge < -0.3 is 29.0 Å². The molecule has 1 N–H and O–H groups in total. The summed E-state index contributed by atoms with van der Waals surface area (Å²) in [5, 5.41) is 2.46. The second-order valence-electron chi connectivity index (χ2n) is 8.89. The lowest BCUT2D eigenvalue weighted by molar-refractivity contribution is -0.150. The lowest BCUT2D eigenvalue weighted by Crippen LogP contribution is -2.41. The van der Waals surface area contributed by atoms with Crippen molar-refractivity contribution in [3.63, 3.8) is 0 Å². The normalized spacial score (nSPS) is 12.2. The Balaban J connectivity index is 1.86. The third-order valence-corrected chi connectivity index (χ3v) is 6.09. The van der Waals surface area contributed by atoms with Crippen molar-refractivity contribution in [3.05, 3.63) is 77.1 Å². The summed E-state index contributed by atoms with van der Waals surface area (Å²) in [4.78, 5) is 41.5. The molecule has 3 rings (SSSR count). The van der Waals surface area contributed by atoms with E-state index in [2.05, 4.69) is 10.3 Å². The van der Waals surface area contributed by atoms with Crippen LogP contribution in [0.3, 0.4) is 0 Å². The Morgan fingerprint density at radius 1 is 0.829 bits per heavy atom. The first-order valence-corrected chi connectivity index (χ1v) is 12.4. The summed E-state index contributed by atoms with van der Waals surface area (Å²) in [6.07, 6.45) is 0.326. The van der Waals surface area contributed by atoms with Crippen LogP contribution in [0.1, 0.15) is 48.3 Å². The van der Waals surface area contributed by atoms with E-state index in [0.29, 0.717) is 11.1 Å². The van der Waals surface area contributed by atoms with E-state index in [0.717, 1.165) is 6.92 Å². The predicted molar refractivity (Wildman–Crippen MR) is 142 cm³/mol. The third kappa shape index (κ3) is 7.27. The second-order valence-corrected chi connectivity index (χ2v) is 8.89. The highest BCUT2D eigenvalue weighted by Crippen LogP contribution is 2.34. The second kappa shape index (κ2) is 13.6. The zero-order chi connectivity index (χ0) is 30.3. The van der Waals surface area contributed by atoms with Gasteiger partial charge in [-0.15, -0.1) is 0 Å². The highest BCUT2D eigenvalue weighted by atomic mass is 19.1. The van der Waals surface area contributed by atoms with Gasteiger partial charge in [0.15, 0.2) is 34.6 Å². The minimum absolute atomic E-state index is 0.00803. The van der Waals surface area contributed by atoms with E-state index in [4.69, 9.17) is 23.7 Å². The van der Waals surface area contributed by atoms with Crippen LogP contribution in [-0.4, -0.2) is 56.3 Å². The fraction of sp³-hybridized carbons (Fsp3) is 0.310. The molecule has 1 aromatic heterocycles. The molecule has 0 radical (unpaired) electrons. The van der Waals surface area contributed by atoms with Gasteiger partial charge in [-0.1, -0.05) is 12.1 Å². The molecule has 1 heterocycles. The number of methoxy groups -OCH3 is 3. The average molecular weight is 573 g/mol. The summed E-state index contributed by atoms with van der Waals surface area (Å²) >= 11 is 0. The summed E-state index contributed by atoms with van der Waals surface area (Å²) in [6, 6.07) is 8.62. The van der Waals surface area contributed by atoms with Gasteiger partial charge >= 0.3 is 11.9 Å². The minimum Gasteiger partial charge on any atom is -0.494 e. The van der Waals surface area contributed by atoms with Gasteiger partial charge in [0.2, 0.25) is 5.75 Å². The number of nitrogens with zero attached hydrogens (tertiary/aromatic N) is 1. The van der Waals surface area contributed by atoms with Crippen LogP contribution in [0.5, 0.6) is 23.0 Å². The van der Waals surface area contributed by atoms with Gasteiger partial charge in [-0.25, -0.2) is 18.6 Å². The van der Waals surface area contributed by atoms with Crippen molar-refractivity contribution in [1.29, 1.82) is 0 Å². The number of nitrogens with one attached hydrogen (secondary N) is 1. The van der Waals surface area contributed by atoms with Crippen LogP contribution in [0, 0.1) is 11.6 Å². The van der Waals surface area contributed by atoms with Crippen LogP contribution in [0.4, 0.5) is 8.78 Å². The highest BCUT2D eigenvalue weighted by molar-refractivity contribution is 5.98. The minimum atomic E-state index is -1.19. The Morgan fingerprint density at radius 2 is 1.37 bits per heavy atom. The van der Waals surface area contributed by atoms with Crippen LogP contribution < -0.4 is 24.3 Å². The number of ether oxygens (including phenoxy) is 5. The number of hydrogen-bond donors (Lipinski definition) is 1. The van der Waals surface area contributed by atoms with Crippen LogP contribution in [-0.2, 0) is 14.3 Å². The maximum absolute atomic E-state index is 14.6. The topological polar surface area (TPSA) is 122 Å². The Morgan fingerprint density at radius 3 is 1.83 bits per heavy atom. The fourth-order valence-corrected chi connectivity index (χ4v) is 4.16. The highest BCUT2D eigenvalue weighted by Gasteiger charge is 2.30. The number of hydrogen-bond acceptors (Lipinski definition) is 9. The van der Waals surface area contributed by atoms with E-state index in [9.17, 15) is 23.2 Å². The molecule has 0 saturated heterocycles. The first kappa shape index (κ1) is 30.8. The summed E-state index contributed by atoms with van der Waals surface area (Å²) in [7, 11) is 3.97. The van der Waals surface area contributed by atoms with Crippen molar-refractivity contribution < 1.29 is 46.8 Å². The molecule has 0 aliphatic heterocycles. The van der Waals surface area contributed by atoms with E-state index in [-0.39, 0.29) is 28.7 Å². The van der Waals surface area contributed by atoms with Crippen LogP contribution in [0.2, 0.25) is 0 Å². The number of esters is 2. The van der Waals surface area contributed by atoms with Crippen molar-refractivity contribution in [1.82, 2.24) is 10.3 Å². The molecule has 0 saturated carbocycles. The molecule has 0 aliphatic carbocycles. The molecule has 218 valence electrons. The lowest BCUT2D eigenvalue weighted by atomic mass is 9.86. The molecule has 41 heavy (non-hydrogen) atoms. The molecule has 0 spiro atoms. The van der Waals surface area contributed by atoms with Gasteiger partial charge in [0.25, 0.3) is 5.91 Å². The molecule has 0 bridgehead atoms. The number of carbonyl (C=O) groups is 3. The molecule has 1 amide bonds. The first-order chi connectivity index (χ1) is 19.5. The lowest BCUT2D eigenvalue weighted by Gasteiger charge is -2.27. The van der Waals surface area contributed by atoms with E-state index < -0.39 is 47.5 Å². The number of rotatable bonds is 11. The SMILES string of the molecule is COc1ccc(C(c2ccc(OC)c(F)c2)[C@H](C)OC(=O)[C@H](C)NC(=O)c2nccc(OC)c2OC(C)=O)cc1F. The maximum Gasteiger partial charge on any atom is 0.328 e. The Labute approximate surface area is 235 Å². The Hall–Kier alpha value is -4.74. The Kier molecular flexibility index (Phi) is 10.2. The van der Waals surface area contributed by atoms with Crippen molar-refractivity contribution in [2.45, 2.75) is 38.8 Å². The number of amides is 1. The summed E-state index contributed by atoms with van der Waals surface area (Å²) in [5.74, 6) is -4.60. The zero-order valence-corrected chi connectivity index (χ0v) is 23.3. The summed E-state index contributed by atoms with van der Waals surface area (Å²) < 4.78 is 55.1. The van der Waals surface area contributed by atoms with Crippen molar-refractivity contribution >= 4 is 17.8 Å². The smallest absolute Gasteiger partial charge is 0.328 e. The van der Waals surface area contributed by atoms with Crippen molar-refractivity contribution in [3.8, 4) is 23.0 Å². The van der Waals surface area contributed by atoms with E-state index >= 15 is 0 Å². The number of benzene rings is 2. The molecule has 10 nitrogen and oxygen atoms in total. The number of carbonyl (C=O) groups excluding carboxylic acids is 3. The number of halogens is 2. The average Bonchev–Trinajstić information content (AvgIpc) is 2.93.